The third kappa shape index (κ3) is 4.95. The Bertz CT molecular complexity index is 293. The molecule has 0 aromatic carbocycles. The number of nitrogens with one attached hydrogen (secondary N) is 1. The number of likely N-dealkylation sites (N-methyl/N-ethyl adjacent to an activating group) is 1. The summed E-state index contributed by atoms with van der Waals surface area (Å²) in [6, 6.07) is 1.10. The molecule has 0 saturated carbocycles. The van der Waals surface area contributed by atoms with E-state index in [4.69, 9.17) is 0 Å². The highest BCUT2D eigenvalue weighted by Crippen LogP contribution is 2.19. The summed E-state index contributed by atoms with van der Waals surface area (Å²) in [6.07, 6.45) is 2.22. The number of nitrogens with zero attached hydrogens (tertiary/aromatic N) is 2. The molecule has 4 nitrogen and oxygen atoms in total. The zero-order chi connectivity index (χ0) is 13.1. The van der Waals surface area contributed by atoms with Gasteiger partial charge in [0.1, 0.15) is 0 Å². The van der Waals surface area contributed by atoms with Gasteiger partial charge in [0.2, 0.25) is 5.91 Å². The van der Waals surface area contributed by atoms with Gasteiger partial charge in [-0.1, -0.05) is 0 Å². The first-order valence-electron chi connectivity index (χ1n) is 6.91. The Hall–Kier alpha value is 0.320. The molecule has 120 valence electrons. The molecule has 2 saturated heterocycles. The van der Waals surface area contributed by atoms with Gasteiger partial charge in [-0.25, -0.2) is 0 Å². The van der Waals surface area contributed by atoms with E-state index >= 15 is 0 Å². The molecule has 7 heteroatoms. The molecule has 0 radical (unpaired) electrons. The number of thioether (sulfide) groups is 1. The molecule has 0 spiro atoms. The molecule has 0 aromatic rings. The van der Waals surface area contributed by atoms with Crippen molar-refractivity contribution in [1.82, 2.24) is 15.1 Å². The number of hydrogen-bond donors (Lipinski definition) is 1. The summed E-state index contributed by atoms with van der Waals surface area (Å²) in [4.78, 5) is 16.8. The van der Waals surface area contributed by atoms with Crippen LogP contribution >= 0.6 is 36.6 Å². The maximum absolute atomic E-state index is 12.3. The lowest BCUT2D eigenvalue weighted by Crippen LogP contribution is -2.51. The van der Waals surface area contributed by atoms with Crippen LogP contribution in [-0.4, -0.2) is 65.6 Å². The monoisotopic (exact) mass is 343 g/mol. The van der Waals surface area contributed by atoms with E-state index in [2.05, 4.69) is 24.1 Å². The molecule has 1 amide bonds. The Morgan fingerprint density at radius 2 is 1.90 bits per heavy atom. The SMILES string of the molecule is CC(C)N1CCC(N(C)C(=O)C2CSCN2)CC1.Cl.Cl. The van der Waals surface area contributed by atoms with Gasteiger partial charge in [-0.05, 0) is 26.7 Å². The molecule has 2 aliphatic rings. The summed E-state index contributed by atoms with van der Waals surface area (Å²) < 4.78 is 0. The Balaban J connectivity index is 0.00000180. The number of piperidine rings is 1. The first kappa shape index (κ1) is 20.3. The van der Waals surface area contributed by atoms with Crippen LogP contribution in [0.1, 0.15) is 26.7 Å². The summed E-state index contributed by atoms with van der Waals surface area (Å²) in [6.45, 7) is 6.73. The number of rotatable bonds is 3. The van der Waals surface area contributed by atoms with E-state index < -0.39 is 0 Å². The number of likely N-dealkylation sites (tertiary alicyclic amines) is 1. The molecule has 1 atom stereocenters. The maximum atomic E-state index is 12.3. The van der Waals surface area contributed by atoms with Crippen LogP contribution in [0.2, 0.25) is 0 Å². The van der Waals surface area contributed by atoms with Crippen molar-refractivity contribution >= 4 is 42.5 Å². The standard InChI is InChI=1S/C13H25N3OS.2ClH/c1-10(2)16-6-4-11(5-7-16)15(3)13(17)12-8-18-9-14-12;;/h10-12,14H,4-9H2,1-3H3;2*1H. The average molecular weight is 344 g/mol. The number of amides is 1. The first-order valence-corrected chi connectivity index (χ1v) is 8.07. The Morgan fingerprint density at radius 1 is 1.30 bits per heavy atom. The summed E-state index contributed by atoms with van der Waals surface area (Å²) in [5, 5.41) is 3.26. The molecule has 2 rings (SSSR count). The lowest BCUT2D eigenvalue weighted by molar-refractivity contribution is -0.134. The molecule has 2 heterocycles. The smallest absolute Gasteiger partial charge is 0.240 e. The zero-order valence-electron chi connectivity index (χ0n) is 12.5. The van der Waals surface area contributed by atoms with E-state index in [-0.39, 0.29) is 36.8 Å². The molecule has 2 fully saturated rings. The van der Waals surface area contributed by atoms with Crippen molar-refractivity contribution in [3.05, 3.63) is 0 Å². The fraction of sp³-hybridized carbons (Fsp3) is 0.923. The molecule has 20 heavy (non-hydrogen) atoms. The van der Waals surface area contributed by atoms with E-state index in [0.717, 1.165) is 37.6 Å². The van der Waals surface area contributed by atoms with Crippen molar-refractivity contribution in [2.75, 3.05) is 31.8 Å². The van der Waals surface area contributed by atoms with Crippen LogP contribution in [-0.2, 0) is 4.79 Å². The second-order valence-electron chi connectivity index (χ2n) is 5.58. The lowest BCUT2D eigenvalue weighted by Gasteiger charge is -2.39. The zero-order valence-corrected chi connectivity index (χ0v) is 15.0. The fourth-order valence-corrected chi connectivity index (χ4v) is 3.70. The van der Waals surface area contributed by atoms with E-state index in [9.17, 15) is 4.79 Å². The molecule has 1 N–H and O–H groups in total. The lowest BCUT2D eigenvalue weighted by atomic mass is 10.0. The predicted octanol–water partition coefficient (Wildman–Crippen LogP) is 1.82. The summed E-state index contributed by atoms with van der Waals surface area (Å²) in [5.41, 5.74) is 0. The number of carbonyl (C=O) groups is 1. The van der Waals surface area contributed by atoms with Crippen LogP contribution in [0.25, 0.3) is 0 Å². The minimum absolute atomic E-state index is 0. The minimum atomic E-state index is 0. The minimum Gasteiger partial charge on any atom is -0.341 e. The average Bonchev–Trinajstić information content (AvgIpc) is 2.91. The van der Waals surface area contributed by atoms with Gasteiger partial charge in [0.05, 0.1) is 6.04 Å². The van der Waals surface area contributed by atoms with Crippen molar-refractivity contribution in [1.29, 1.82) is 0 Å². The van der Waals surface area contributed by atoms with Crippen LogP contribution in [0.3, 0.4) is 0 Å². The van der Waals surface area contributed by atoms with Gasteiger partial charge >= 0.3 is 0 Å². The number of halogens is 2. The molecule has 0 bridgehead atoms. The van der Waals surface area contributed by atoms with Gasteiger partial charge in [-0.3, -0.25) is 10.1 Å². The molecular formula is C13H27Cl2N3OS. The van der Waals surface area contributed by atoms with Crippen LogP contribution in [0.4, 0.5) is 0 Å². The van der Waals surface area contributed by atoms with Crippen molar-refractivity contribution < 1.29 is 4.79 Å². The predicted molar refractivity (Wildman–Crippen MR) is 91.2 cm³/mol. The number of hydrogen-bond acceptors (Lipinski definition) is 4. The van der Waals surface area contributed by atoms with Crippen LogP contribution < -0.4 is 5.32 Å². The topological polar surface area (TPSA) is 35.6 Å². The molecule has 0 aliphatic carbocycles. The fourth-order valence-electron chi connectivity index (χ4n) is 2.77. The Morgan fingerprint density at radius 3 is 2.35 bits per heavy atom. The van der Waals surface area contributed by atoms with Crippen LogP contribution in [0, 0.1) is 0 Å². The summed E-state index contributed by atoms with van der Waals surface area (Å²) in [7, 11) is 1.97. The van der Waals surface area contributed by atoms with E-state index in [0.29, 0.717) is 12.1 Å². The quantitative estimate of drug-likeness (QED) is 0.847. The van der Waals surface area contributed by atoms with Gasteiger partial charge in [0, 0.05) is 43.9 Å². The first-order chi connectivity index (χ1) is 8.59. The molecule has 0 aromatic heterocycles. The van der Waals surface area contributed by atoms with Gasteiger partial charge in [0.25, 0.3) is 0 Å². The van der Waals surface area contributed by atoms with Crippen molar-refractivity contribution in [3.8, 4) is 0 Å². The summed E-state index contributed by atoms with van der Waals surface area (Å²) >= 11 is 1.81. The Kier molecular flexibility index (Phi) is 9.51. The van der Waals surface area contributed by atoms with Crippen LogP contribution in [0.15, 0.2) is 0 Å². The van der Waals surface area contributed by atoms with Gasteiger partial charge in [-0.2, -0.15) is 0 Å². The van der Waals surface area contributed by atoms with E-state index in [1.165, 1.54) is 0 Å². The van der Waals surface area contributed by atoms with Crippen molar-refractivity contribution in [2.45, 2.75) is 44.8 Å². The highest BCUT2D eigenvalue weighted by molar-refractivity contribution is 7.99. The third-order valence-electron chi connectivity index (χ3n) is 4.14. The van der Waals surface area contributed by atoms with E-state index in [1.807, 2.05) is 23.7 Å². The van der Waals surface area contributed by atoms with Crippen molar-refractivity contribution in [3.63, 3.8) is 0 Å². The van der Waals surface area contributed by atoms with Gasteiger partial charge in [0.15, 0.2) is 0 Å². The summed E-state index contributed by atoms with van der Waals surface area (Å²) in [5.74, 6) is 2.12. The molecular weight excluding hydrogens is 317 g/mol. The second kappa shape index (κ2) is 9.36. The van der Waals surface area contributed by atoms with Crippen LogP contribution in [0.5, 0.6) is 0 Å². The van der Waals surface area contributed by atoms with Gasteiger partial charge in [-0.15, -0.1) is 36.6 Å². The highest BCUT2D eigenvalue weighted by Gasteiger charge is 2.31. The normalized spacial score (nSPS) is 24.1. The van der Waals surface area contributed by atoms with Crippen molar-refractivity contribution in [2.24, 2.45) is 0 Å². The third-order valence-corrected chi connectivity index (χ3v) is 5.08. The van der Waals surface area contributed by atoms with E-state index in [1.54, 1.807) is 0 Å². The molecule has 2 aliphatic heterocycles. The highest BCUT2D eigenvalue weighted by atomic mass is 35.5. The van der Waals surface area contributed by atoms with Gasteiger partial charge < -0.3 is 9.80 Å². The maximum Gasteiger partial charge on any atom is 0.240 e. The molecule has 1 unspecified atom stereocenters. The Labute approximate surface area is 139 Å². The number of carbonyl (C=O) groups excluding carboxylic acids is 1. The second-order valence-corrected chi connectivity index (χ2v) is 6.61. The largest absolute Gasteiger partial charge is 0.341 e.